The zero-order valence-electron chi connectivity index (χ0n) is 16.4. The van der Waals surface area contributed by atoms with Gasteiger partial charge in [-0.15, -0.1) is 0 Å². The molecule has 6 heteroatoms. The fraction of sp³-hybridized carbons (Fsp3) is 0.364. The Bertz CT molecular complexity index is 815. The summed E-state index contributed by atoms with van der Waals surface area (Å²) in [6, 6.07) is 15.1. The van der Waals surface area contributed by atoms with E-state index in [0.29, 0.717) is 5.56 Å². The number of carbonyl (C=O) groups excluding carboxylic acids is 1. The molecule has 2 aromatic rings. The number of rotatable bonds is 5. The first-order chi connectivity index (χ1) is 13.5. The zero-order chi connectivity index (χ0) is 19.9. The normalized spacial score (nSPS) is 13.9. The Morgan fingerprint density at radius 1 is 1.04 bits per heavy atom. The molecule has 2 aromatic carbocycles. The summed E-state index contributed by atoms with van der Waals surface area (Å²) in [6.45, 7) is 6.02. The average Bonchev–Trinajstić information content (AvgIpc) is 2.69. The van der Waals surface area contributed by atoms with E-state index >= 15 is 0 Å². The standard InChI is InChI=1S/C22H27N3O2S/c1-16(2)27-18-12-10-17(11-13-18)21(26)24-22(28)23-19-8-4-5-9-20(19)25-14-6-3-7-15-25/h4-5,8-13,16H,3,6-7,14-15H2,1-2H3,(H2,23,24,26,28). The Kier molecular flexibility index (Phi) is 6.87. The summed E-state index contributed by atoms with van der Waals surface area (Å²) in [5.74, 6) is 0.492. The van der Waals surface area contributed by atoms with Crippen LogP contribution in [0, 0.1) is 0 Å². The summed E-state index contributed by atoms with van der Waals surface area (Å²) in [5.41, 5.74) is 2.56. The number of hydrogen-bond acceptors (Lipinski definition) is 4. The maximum absolute atomic E-state index is 12.5. The van der Waals surface area contributed by atoms with Crippen LogP contribution in [0.2, 0.25) is 0 Å². The molecule has 0 aliphatic carbocycles. The lowest BCUT2D eigenvalue weighted by Gasteiger charge is -2.30. The molecule has 2 N–H and O–H groups in total. The predicted molar refractivity (Wildman–Crippen MR) is 118 cm³/mol. The lowest BCUT2D eigenvalue weighted by atomic mass is 10.1. The van der Waals surface area contributed by atoms with Gasteiger partial charge < -0.3 is 15.0 Å². The molecule has 28 heavy (non-hydrogen) atoms. The molecule has 0 atom stereocenters. The number of ether oxygens (including phenoxy) is 1. The monoisotopic (exact) mass is 397 g/mol. The molecular weight excluding hydrogens is 370 g/mol. The van der Waals surface area contributed by atoms with Gasteiger partial charge in [-0.25, -0.2) is 0 Å². The maximum Gasteiger partial charge on any atom is 0.257 e. The molecule has 0 radical (unpaired) electrons. The van der Waals surface area contributed by atoms with Gasteiger partial charge in [-0.2, -0.15) is 0 Å². The third kappa shape index (κ3) is 5.45. The van der Waals surface area contributed by atoms with Crippen LogP contribution in [0.5, 0.6) is 5.75 Å². The maximum atomic E-state index is 12.5. The highest BCUT2D eigenvalue weighted by molar-refractivity contribution is 7.80. The summed E-state index contributed by atoms with van der Waals surface area (Å²) in [7, 11) is 0. The van der Waals surface area contributed by atoms with Gasteiger partial charge in [0.05, 0.1) is 17.5 Å². The van der Waals surface area contributed by atoms with E-state index in [2.05, 4.69) is 21.6 Å². The highest BCUT2D eigenvalue weighted by atomic mass is 32.1. The Labute approximate surface area is 172 Å². The molecule has 0 aromatic heterocycles. The Morgan fingerprint density at radius 3 is 2.39 bits per heavy atom. The highest BCUT2D eigenvalue weighted by Crippen LogP contribution is 2.28. The molecular formula is C22H27N3O2S. The van der Waals surface area contributed by atoms with E-state index < -0.39 is 0 Å². The quantitative estimate of drug-likeness (QED) is 0.723. The van der Waals surface area contributed by atoms with Crippen LogP contribution in [0.15, 0.2) is 48.5 Å². The van der Waals surface area contributed by atoms with Gasteiger partial charge in [-0.05, 0) is 81.7 Å². The first-order valence-electron chi connectivity index (χ1n) is 9.76. The lowest BCUT2D eigenvalue weighted by molar-refractivity contribution is 0.0977. The van der Waals surface area contributed by atoms with Gasteiger partial charge in [0, 0.05) is 18.7 Å². The Morgan fingerprint density at radius 2 is 1.71 bits per heavy atom. The van der Waals surface area contributed by atoms with Crippen molar-refractivity contribution in [3.05, 3.63) is 54.1 Å². The third-order valence-corrected chi connectivity index (χ3v) is 4.77. The van der Waals surface area contributed by atoms with Crippen LogP contribution in [-0.2, 0) is 0 Å². The molecule has 148 valence electrons. The van der Waals surface area contributed by atoms with Crippen LogP contribution in [0.25, 0.3) is 0 Å². The molecule has 0 bridgehead atoms. The lowest BCUT2D eigenvalue weighted by Crippen LogP contribution is -2.35. The first-order valence-corrected chi connectivity index (χ1v) is 10.2. The summed E-state index contributed by atoms with van der Waals surface area (Å²) in [5, 5.41) is 6.23. The summed E-state index contributed by atoms with van der Waals surface area (Å²) in [4.78, 5) is 14.8. The Hall–Kier alpha value is -2.60. The fourth-order valence-electron chi connectivity index (χ4n) is 3.28. The number of nitrogens with one attached hydrogen (secondary N) is 2. The SMILES string of the molecule is CC(C)Oc1ccc(C(=O)NC(=S)Nc2ccccc2N2CCCCC2)cc1. The molecule has 1 fully saturated rings. The molecule has 0 unspecified atom stereocenters. The molecule has 5 nitrogen and oxygen atoms in total. The summed E-state index contributed by atoms with van der Waals surface area (Å²) >= 11 is 5.37. The van der Waals surface area contributed by atoms with Gasteiger partial charge in [-0.1, -0.05) is 12.1 Å². The van der Waals surface area contributed by atoms with Crippen LogP contribution in [0.1, 0.15) is 43.5 Å². The number of amides is 1. The number of carbonyl (C=O) groups is 1. The fourth-order valence-corrected chi connectivity index (χ4v) is 3.48. The highest BCUT2D eigenvalue weighted by Gasteiger charge is 2.15. The average molecular weight is 398 g/mol. The molecule has 0 spiro atoms. The number of para-hydroxylation sites is 2. The topological polar surface area (TPSA) is 53.6 Å². The third-order valence-electron chi connectivity index (χ3n) is 4.56. The van der Waals surface area contributed by atoms with Gasteiger partial charge in [0.1, 0.15) is 5.75 Å². The second-order valence-electron chi connectivity index (χ2n) is 7.16. The van der Waals surface area contributed by atoms with Crippen molar-refractivity contribution in [3.63, 3.8) is 0 Å². The number of piperidine rings is 1. The first kappa shape index (κ1) is 20.1. The van der Waals surface area contributed by atoms with E-state index in [0.717, 1.165) is 30.2 Å². The molecule has 0 saturated carbocycles. The van der Waals surface area contributed by atoms with Crippen molar-refractivity contribution >= 4 is 34.6 Å². The smallest absolute Gasteiger partial charge is 0.257 e. The van der Waals surface area contributed by atoms with Gasteiger partial charge >= 0.3 is 0 Å². The largest absolute Gasteiger partial charge is 0.491 e. The molecule has 1 amide bonds. The van der Waals surface area contributed by atoms with Crippen LogP contribution in [0.3, 0.4) is 0 Å². The minimum Gasteiger partial charge on any atom is -0.491 e. The zero-order valence-corrected chi connectivity index (χ0v) is 17.2. The van der Waals surface area contributed by atoms with Crippen LogP contribution >= 0.6 is 12.2 Å². The van der Waals surface area contributed by atoms with E-state index in [-0.39, 0.29) is 17.1 Å². The number of hydrogen-bond donors (Lipinski definition) is 2. The number of nitrogens with zero attached hydrogens (tertiary/aromatic N) is 1. The van der Waals surface area contributed by atoms with E-state index in [9.17, 15) is 4.79 Å². The molecule has 1 aliphatic rings. The van der Waals surface area contributed by atoms with Crippen molar-refractivity contribution < 1.29 is 9.53 Å². The second-order valence-corrected chi connectivity index (χ2v) is 7.57. The molecule has 1 saturated heterocycles. The van der Waals surface area contributed by atoms with E-state index in [1.807, 2.05) is 32.0 Å². The number of benzene rings is 2. The second kappa shape index (κ2) is 9.55. The molecule has 1 aliphatic heterocycles. The minimum absolute atomic E-state index is 0.0939. The van der Waals surface area contributed by atoms with E-state index in [1.165, 1.54) is 19.3 Å². The minimum atomic E-state index is -0.246. The van der Waals surface area contributed by atoms with E-state index in [4.69, 9.17) is 17.0 Å². The van der Waals surface area contributed by atoms with Crippen molar-refractivity contribution in [2.45, 2.75) is 39.2 Å². The van der Waals surface area contributed by atoms with Gasteiger partial charge in [-0.3, -0.25) is 10.1 Å². The summed E-state index contributed by atoms with van der Waals surface area (Å²) in [6.07, 6.45) is 3.77. The predicted octanol–water partition coefficient (Wildman–Crippen LogP) is 4.59. The van der Waals surface area contributed by atoms with Crippen molar-refractivity contribution in [1.82, 2.24) is 5.32 Å². The van der Waals surface area contributed by atoms with E-state index in [1.54, 1.807) is 24.3 Å². The van der Waals surface area contributed by atoms with Crippen LogP contribution in [-0.4, -0.2) is 30.2 Å². The van der Waals surface area contributed by atoms with Gasteiger partial charge in [0.15, 0.2) is 5.11 Å². The van der Waals surface area contributed by atoms with Crippen LogP contribution < -0.4 is 20.3 Å². The molecule has 3 rings (SSSR count). The van der Waals surface area contributed by atoms with Crippen molar-refractivity contribution in [1.29, 1.82) is 0 Å². The summed E-state index contributed by atoms with van der Waals surface area (Å²) < 4.78 is 5.61. The number of thiocarbonyl (C=S) groups is 1. The van der Waals surface area contributed by atoms with Crippen molar-refractivity contribution in [2.24, 2.45) is 0 Å². The van der Waals surface area contributed by atoms with Gasteiger partial charge in [0.25, 0.3) is 5.91 Å². The van der Waals surface area contributed by atoms with Gasteiger partial charge in [0.2, 0.25) is 0 Å². The van der Waals surface area contributed by atoms with Crippen LogP contribution in [0.4, 0.5) is 11.4 Å². The molecule has 1 heterocycles. The van der Waals surface area contributed by atoms with Crippen molar-refractivity contribution in [3.8, 4) is 5.75 Å². The number of anilines is 2. The Balaban J connectivity index is 1.62. The van der Waals surface area contributed by atoms with Crippen molar-refractivity contribution in [2.75, 3.05) is 23.3 Å².